The van der Waals surface area contributed by atoms with Gasteiger partial charge in [-0.2, -0.15) is 0 Å². The lowest BCUT2D eigenvalue weighted by Crippen LogP contribution is -1.99. The highest BCUT2D eigenvalue weighted by Gasteiger charge is 2.18. The Kier molecular flexibility index (Phi) is 3.73. The monoisotopic (exact) mass is 317 g/mol. The maximum atomic E-state index is 13.2. The fourth-order valence-electron chi connectivity index (χ4n) is 0.792. The lowest BCUT2D eigenvalue weighted by molar-refractivity contribution is 0.145. The van der Waals surface area contributed by atoms with Crippen molar-refractivity contribution in [2.75, 3.05) is 0 Å². The largest absolute Gasteiger partial charge is 0.268 e. The highest BCUT2D eigenvalue weighted by Crippen LogP contribution is 2.28. The van der Waals surface area contributed by atoms with Gasteiger partial charge >= 0.3 is 0 Å². The van der Waals surface area contributed by atoms with Crippen LogP contribution in [0.3, 0.4) is 0 Å². The van der Waals surface area contributed by atoms with Crippen LogP contribution < -0.4 is 0 Å². The van der Waals surface area contributed by atoms with Gasteiger partial charge in [0.05, 0.1) is 5.56 Å². The van der Waals surface area contributed by atoms with Gasteiger partial charge in [-0.05, 0) is 15.9 Å². The first kappa shape index (κ1) is 11.0. The molecule has 1 rings (SSSR count). The van der Waals surface area contributed by atoms with Gasteiger partial charge in [-0.3, -0.25) is 0 Å². The fraction of sp³-hybridized carbons (Fsp3) is 0.286. The number of pyridine rings is 1. The van der Waals surface area contributed by atoms with Crippen LogP contribution in [0.5, 0.6) is 0 Å². The van der Waals surface area contributed by atoms with Gasteiger partial charge in [0.25, 0.3) is 6.43 Å². The smallest absolute Gasteiger partial charge is 0.248 e. The average Bonchev–Trinajstić information content (AvgIpc) is 2.04. The predicted molar refractivity (Wildman–Crippen MR) is 49.5 cm³/mol. The minimum Gasteiger partial charge on any atom is -0.248 e. The fourth-order valence-corrected chi connectivity index (χ4v) is 2.10. The van der Waals surface area contributed by atoms with E-state index in [9.17, 15) is 13.2 Å². The van der Waals surface area contributed by atoms with Crippen LogP contribution in [0.15, 0.2) is 10.8 Å². The second-order valence-corrected chi connectivity index (χ2v) is 3.54. The molecule has 0 unspecified atom stereocenters. The van der Waals surface area contributed by atoms with E-state index in [1.165, 1.54) is 0 Å². The molecule has 1 heterocycles. The van der Waals surface area contributed by atoms with Crippen molar-refractivity contribution in [1.29, 1.82) is 0 Å². The van der Waals surface area contributed by atoms with Crippen LogP contribution in [0, 0.1) is 5.82 Å². The van der Waals surface area contributed by atoms with E-state index in [0.29, 0.717) is 0 Å². The molecule has 1 nitrogen and oxygen atoms in total. The Morgan fingerprint density at radius 3 is 2.54 bits per heavy atom. The van der Waals surface area contributed by atoms with Crippen LogP contribution in [0.1, 0.15) is 17.6 Å². The highest BCUT2D eigenvalue weighted by molar-refractivity contribution is 9.10. The topological polar surface area (TPSA) is 12.9 Å². The molecular weight excluding hydrogens is 315 g/mol. The average molecular weight is 319 g/mol. The van der Waals surface area contributed by atoms with Crippen LogP contribution in [0.4, 0.5) is 13.2 Å². The lowest BCUT2D eigenvalue weighted by Gasteiger charge is -2.06. The van der Waals surface area contributed by atoms with Crippen molar-refractivity contribution in [3.63, 3.8) is 0 Å². The third-order valence-corrected chi connectivity index (χ3v) is 2.70. The first-order valence-electron chi connectivity index (χ1n) is 3.24. The van der Waals surface area contributed by atoms with Crippen LogP contribution in [-0.4, -0.2) is 4.98 Å². The van der Waals surface area contributed by atoms with Crippen LogP contribution in [0.25, 0.3) is 0 Å². The molecule has 0 amide bonds. The van der Waals surface area contributed by atoms with Gasteiger partial charge in [0.2, 0.25) is 0 Å². The predicted octanol–water partition coefficient (Wildman–Crippen LogP) is 3.82. The molecule has 1 aromatic heterocycles. The van der Waals surface area contributed by atoms with Crippen molar-refractivity contribution in [3.8, 4) is 0 Å². The second kappa shape index (κ2) is 4.41. The molecule has 0 spiro atoms. The molecule has 13 heavy (non-hydrogen) atoms. The third kappa shape index (κ3) is 2.22. The number of halogens is 5. The van der Waals surface area contributed by atoms with Gasteiger partial charge in [-0.1, -0.05) is 15.9 Å². The first-order chi connectivity index (χ1) is 6.07. The zero-order valence-electron chi connectivity index (χ0n) is 6.20. The van der Waals surface area contributed by atoms with E-state index in [-0.39, 0.29) is 15.5 Å². The Hall–Kier alpha value is -0.100. The first-order valence-corrected chi connectivity index (χ1v) is 5.16. The molecule has 0 aliphatic carbocycles. The van der Waals surface area contributed by atoms with Crippen LogP contribution in [-0.2, 0) is 5.33 Å². The quantitative estimate of drug-likeness (QED) is 0.597. The molecule has 0 saturated heterocycles. The summed E-state index contributed by atoms with van der Waals surface area (Å²) in [5.74, 6) is -0.909. The van der Waals surface area contributed by atoms with E-state index in [0.717, 1.165) is 6.20 Å². The molecular formula is C7H4Br2F3N. The molecule has 0 saturated carbocycles. The summed E-state index contributed by atoms with van der Waals surface area (Å²) >= 11 is 5.95. The summed E-state index contributed by atoms with van der Waals surface area (Å²) in [6, 6.07) is 0. The molecule has 0 aromatic carbocycles. The maximum Gasteiger partial charge on any atom is 0.268 e. The van der Waals surface area contributed by atoms with E-state index < -0.39 is 17.8 Å². The minimum absolute atomic E-state index is 0.109. The third-order valence-electron chi connectivity index (χ3n) is 1.45. The normalized spacial score (nSPS) is 10.9. The summed E-state index contributed by atoms with van der Waals surface area (Å²) in [4.78, 5) is 3.60. The van der Waals surface area contributed by atoms with Crippen molar-refractivity contribution >= 4 is 31.9 Å². The lowest BCUT2D eigenvalue weighted by atomic mass is 10.2. The van der Waals surface area contributed by atoms with Crippen LogP contribution in [0.2, 0.25) is 0 Å². The number of alkyl halides is 3. The van der Waals surface area contributed by atoms with Crippen LogP contribution >= 0.6 is 31.9 Å². The number of aromatic nitrogens is 1. The van der Waals surface area contributed by atoms with Gasteiger partial charge in [0, 0.05) is 17.1 Å². The molecule has 0 aliphatic heterocycles. The van der Waals surface area contributed by atoms with Crippen molar-refractivity contribution in [2.24, 2.45) is 0 Å². The Labute approximate surface area is 89.6 Å². The van der Waals surface area contributed by atoms with Gasteiger partial charge in [0.1, 0.15) is 10.4 Å². The molecule has 0 aliphatic rings. The van der Waals surface area contributed by atoms with E-state index >= 15 is 0 Å². The Balaban J connectivity index is 3.27. The van der Waals surface area contributed by atoms with Gasteiger partial charge < -0.3 is 0 Å². The highest BCUT2D eigenvalue weighted by atomic mass is 79.9. The van der Waals surface area contributed by atoms with Gasteiger partial charge in [-0.25, -0.2) is 18.2 Å². The summed E-state index contributed by atoms with van der Waals surface area (Å²) in [6.07, 6.45) is -2.01. The second-order valence-electron chi connectivity index (χ2n) is 2.23. The number of rotatable bonds is 2. The molecule has 6 heteroatoms. The van der Waals surface area contributed by atoms with Crippen molar-refractivity contribution in [2.45, 2.75) is 11.8 Å². The SMILES string of the molecule is Fc1c(C(F)F)cnc(Br)c1CBr. The van der Waals surface area contributed by atoms with E-state index in [2.05, 4.69) is 36.8 Å². The van der Waals surface area contributed by atoms with E-state index in [1.807, 2.05) is 0 Å². The summed E-state index contributed by atoms with van der Waals surface area (Å²) in [6.45, 7) is 0. The summed E-state index contributed by atoms with van der Waals surface area (Å²) in [5, 5.41) is 0.146. The van der Waals surface area contributed by atoms with Crippen molar-refractivity contribution < 1.29 is 13.2 Å². The molecule has 0 N–H and O–H groups in total. The Morgan fingerprint density at radius 2 is 2.08 bits per heavy atom. The number of hydrogen-bond donors (Lipinski definition) is 0. The van der Waals surface area contributed by atoms with E-state index in [4.69, 9.17) is 0 Å². The van der Waals surface area contributed by atoms with Gasteiger partial charge in [-0.15, -0.1) is 0 Å². The maximum absolute atomic E-state index is 13.2. The van der Waals surface area contributed by atoms with Crippen molar-refractivity contribution in [1.82, 2.24) is 4.98 Å². The molecule has 1 aromatic rings. The zero-order valence-corrected chi connectivity index (χ0v) is 9.37. The molecule has 0 bridgehead atoms. The molecule has 0 fully saturated rings. The minimum atomic E-state index is -2.83. The number of hydrogen-bond acceptors (Lipinski definition) is 1. The van der Waals surface area contributed by atoms with Crippen molar-refractivity contribution in [3.05, 3.63) is 27.7 Å². The Bertz CT molecular complexity index is 317. The summed E-state index contributed by atoms with van der Waals surface area (Å²) in [5.41, 5.74) is -0.560. The van der Waals surface area contributed by atoms with E-state index in [1.54, 1.807) is 0 Å². The van der Waals surface area contributed by atoms with Gasteiger partial charge in [0.15, 0.2) is 0 Å². The summed E-state index contributed by atoms with van der Waals surface area (Å²) < 4.78 is 37.8. The molecule has 0 atom stereocenters. The molecule has 72 valence electrons. The molecule has 0 radical (unpaired) electrons. The standard InChI is InChI=1S/C7H4Br2F3N/c8-1-3-5(10)4(7(11)12)2-13-6(3)9/h2,7H,1H2. The number of nitrogens with zero attached hydrogens (tertiary/aromatic N) is 1. The summed E-state index contributed by atoms with van der Waals surface area (Å²) in [7, 11) is 0. The Morgan fingerprint density at radius 1 is 1.46 bits per heavy atom. The zero-order chi connectivity index (χ0) is 10.0.